The van der Waals surface area contributed by atoms with Crippen LogP contribution in [-0.2, 0) is 11.8 Å². The van der Waals surface area contributed by atoms with Crippen molar-refractivity contribution in [2.24, 2.45) is 0 Å². The molecule has 1 aliphatic carbocycles. The van der Waals surface area contributed by atoms with E-state index in [4.69, 9.17) is 0 Å². The van der Waals surface area contributed by atoms with Gasteiger partial charge in [0.25, 0.3) is 11.8 Å². The Balaban J connectivity index is 2.73. The van der Waals surface area contributed by atoms with E-state index in [1.54, 1.807) is 0 Å². The Labute approximate surface area is 84.2 Å². The van der Waals surface area contributed by atoms with Crippen LogP contribution in [0.15, 0.2) is 35.9 Å². The van der Waals surface area contributed by atoms with E-state index in [1.165, 1.54) is 12.1 Å². The summed E-state index contributed by atoms with van der Waals surface area (Å²) in [6, 6.07) is 4.74. The Hall–Kier alpha value is -1.32. The van der Waals surface area contributed by atoms with Crippen molar-refractivity contribution in [1.82, 2.24) is 0 Å². The summed E-state index contributed by atoms with van der Waals surface area (Å²) in [5, 5.41) is 0. The number of rotatable bonds is 0. The highest BCUT2D eigenvalue weighted by molar-refractivity contribution is 5.45. The third-order valence-electron chi connectivity index (χ3n) is 2.52. The molecule has 15 heavy (non-hydrogen) atoms. The van der Waals surface area contributed by atoms with Crippen molar-refractivity contribution in [3.05, 3.63) is 47.0 Å². The second kappa shape index (κ2) is 2.84. The van der Waals surface area contributed by atoms with Crippen molar-refractivity contribution in [3.8, 4) is 0 Å². The van der Waals surface area contributed by atoms with Gasteiger partial charge in [-0.3, -0.25) is 0 Å². The molecule has 0 aliphatic heterocycles. The van der Waals surface area contributed by atoms with Crippen LogP contribution in [0.4, 0.5) is 17.6 Å². The maximum Gasteiger partial charge on any atom is 0.294 e. The molecule has 80 valence electrons. The number of fused-ring (bicyclic) bond motifs is 1. The van der Waals surface area contributed by atoms with Crippen molar-refractivity contribution >= 4 is 0 Å². The molecule has 1 aliphatic rings. The van der Waals surface area contributed by atoms with Gasteiger partial charge in [-0.1, -0.05) is 24.3 Å². The van der Waals surface area contributed by atoms with Crippen LogP contribution in [0.5, 0.6) is 0 Å². The van der Waals surface area contributed by atoms with Gasteiger partial charge in [0, 0.05) is 16.7 Å². The molecule has 0 bridgehead atoms. The standard InChI is InChI=1S/C11H8F4/c1-7-6-10(12,13)8-4-2-3-5-9(8)11(7,14)15/h2-6H,1H3. The molecule has 0 nitrogen and oxygen atoms in total. The van der Waals surface area contributed by atoms with E-state index in [0.29, 0.717) is 6.08 Å². The minimum Gasteiger partial charge on any atom is -0.196 e. The summed E-state index contributed by atoms with van der Waals surface area (Å²) < 4.78 is 53.8. The predicted molar refractivity (Wildman–Crippen MR) is 48.0 cm³/mol. The highest BCUT2D eigenvalue weighted by Crippen LogP contribution is 2.48. The zero-order chi connectivity index (χ0) is 11.3. The molecule has 0 aromatic heterocycles. The highest BCUT2D eigenvalue weighted by atomic mass is 19.3. The molecular formula is C11H8F4. The van der Waals surface area contributed by atoms with E-state index in [1.807, 2.05) is 0 Å². The van der Waals surface area contributed by atoms with E-state index in [9.17, 15) is 17.6 Å². The summed E-state index contributed by atoms with van der Waals surface area (Å²) in [4.78, 5) is 0. The first kappa shape index (κ1) is 10.2. The smallest absolute Gasteiger partial charge is 0.196 e. The molecule has 0 saturated carbocycles. The van der Waals surface area contributed by atoms with E-state index in [-0.39, 0.29) is 0 Å². The molecule has 0 N–H and O–H groups in total. The Morgan fingerprint density at radius 2 is 1.47 bits per heavy atom. The lowest BCUT2D eigenvalue weighted by atomic mass is 9.87. The quantitative estimate of drug-likeness (QED) is 0.456. The maximum absolute atomic E-state index is 13.5. The van der Waals surface area contributed by atoms with Gasteiger partial charge in [-0.2, -0.15) is 17.6 Å². The minimum atomic E-state index is -3.30. The zero-order valence-corrected chi connectivity index (χ0v) is 7.90. The lowest BCUT2D eigenvalue weighted by Gasteiger charge is -2.29. The molecule has 1 aromatic rings. The van der Waals surface area contributed by atoms with Crippen LogP contribution >= 0.6 is 0 Å². The molecule has 0 unspecified atom stereocenters. The molecule has 2 rings (SSSR count). The molecule has 1 aromatic carbocycles. The first-order valence-corrected chi connectivity index (χ1v) is 4.41. The molecule has 4 heteroatoms. The Bertz CT molecular complexity index is 432. The van der Waals surface area contributed by atoms with Gasteiger partial charge in [0.05, 0.1) is 0 Å². The van der Waals surface area contributed by atoms with Gasteiger partial charge >= 0.3 is 0 Å². The molecule has 0 amide bonds. The second-order valence-electron chi connectivity index (χ2n) is 3.57. The fourth-order valence-corrected chi connectivity index (χ4v) is 1.70. The summed E-state index contributed by atoms with van der Waals surface area (Å²) in [5.74, 6) is -6.60. The Morgan fingerprint density at radius 1 is 0.933 bits per heavy atom. The van der Waals surface area contributed by atoms with Crippen LogP contribution in [0.2, 0.25) is 0 Å². The van der Waals surface area contributed by atoms with Crippen LogP contribution in [-0.4, -0.2) is 0 Å². The number of hydrogen-bond donors (Lipinski definition) is 0. The zero-order valence-electron chi connectivity index (χ0n) is 7.90. The summed E-state index contributed by atoms with van der Waals surface area (Å²) in [5.41, 5.74) is -1.82. The molecule has 0 spiro atoms. The van der Waals surface area contributed by atoms with Gasteiger partial charge in [-0.15, -0.1) is 0 Å². The summed E-state index contributed by atoms with van der Waals surface area (Å²) in [6.45, 7) is 1.02. The van der Waals surface area contributed by atoms with E-state index >= 15 is 0 Å². The van der Waals surface area contributed by atoms with Crippen molar-refractivity contribution in [2.45, 2.75) is 18.8 Å². The predicted octanol–water partition coefficient (Wildman–Crippen LogP) is 3.83. The van der Waals surface area contributed by atoms with Crippen molar-refractivity contribution in [1.29, 1.82) is 0 Å². The molecule has 0 heterocycles. The Kier molecular flexibility index (Phi) is 1.93. The average molecular weight is 216 g/mol. The number of benzene rings is 1. The largest absolute Gasteiger partial charge is 0.294 e. The SMILES string of the molecule is CC1=CC(F)(F)c2ccccc2C1(F)F. The highest BCUT2D eigenvalue weighted by Gasteiger charge is 2.47. The normalized spacial score (nSPS) is 21.8. The van der Waals surface area contributed by atoms with Gasteiger partial charge in [-0.05, 0) is 13.0 Å². The fraction of sp³-hybridized carbons (Fsp3) is 0.273. The van der Waals surface area contributed by atoms with E-state index in [0.717, 1.165) is 19.1 Å². The first-order valence-electron chi connectivity index (χ1n) is 4.41. The number of halogens is 4. The molecule has 0 atom stereocenters. The van der Waals surface area contributed by atoms with Gasteiger partial charge in [-0.25, -0.2) is 0 Å². The lowest BCUT2D eigenvalue weighted by Crippen LogP contribution is -2.28. The number of hydrogen-bond acceptors (Lipinski definition) is 0. The fourth-order valence-electron chi connectivity index (χ4n) is 1.70. The molecule has 0 fully saturated rings. The first-order chi connectivity index (χ1) is 6.86. The molecule has 0 saturated heterocycles. The monoisotopic (exact) mass is 216 g/mol. The van der Waals surface area contributed by atoms with E-state index in [2.05, 4.69) is 0 Å². The van der Waals surface area contributed by atoms with Crippen LogP contribution in [0.3, 0.4) is 0 Å². The molecular weight excluding hydrogens is 208 g/mol. The molecule has 0 radical (unpaired) electrons. The van der Waals surface area contributed by atoms with Crippen molar-refractivity contribution in [2.75, 3.05) is 0 Å². The number of allylic oxidation sites excluding steroid dienone is 2. The van der Waals surface area contributed by atoms with Crippen molar-refractivity contribution < 1.29 is 17.6 Å². The summed E-state index contributed by atoms with van der Waals surface area (Å²) >= 11 is 0. The van der Waals surface area contributed by atoms with Crippen molar-refractivity contribution in [3.63, 3.8) is 0 Å². The van der Waals surface area contributed by atoms with Crippen LogP contribution in [0.1, 0.15) is 18.1 Å². The van der Waals surface area contributed by atoms with E-state index < -0.39 is 28.5 Å². The Morgan fingerprint density at radius 3 is 2.07 bits per heavy atom. The third-order valence-corrected chi connectivity index (χ3v) is 2.52. The lowest BCUT2D eigenvalue weighted by molar-refractivity contribution is -0.00560. The van der Waals surface area contributed by atoms with Crippen LogP contribution < -0.4 is 0 Å². The summed E-state index contributed by atoms with van der Waals surface area (Å²) in [6.07, 6.45) is 0.329. The van der Waals surface area contributed by atoms with Gasteiger partial charge in [0.15, 0.2) is 0 Å². The van der Waals surface area contributed by atoms with Gasteiger partial charge in [0.2, 0.25) is 0 Å². The van der Waals surface area contributed by atoms with Crippen LogP contribution in [0.25, 0.3) is 0 Å². The average Bonchev–Trinajstić information content (AvgIpc) is 2.15. The third kappa shape index (κ3) is 1.35. The summed E-state index contributed by atoms with van der Waals surface area (Å²) in [7, 11) is 0. The van der Waals surface area contributed by atoms with Crippen LogP contribution in [0, 0.1) is 0 Å². The second-order valence-corrected chi connectivity index (χ2v) is 3.57. The maximum atomic E-state index is 13.5. The van der Waals surface area contributed by atoms with Gasteiger partial charge in [0.1, 0.15) is 0 Å². The topological polar surface area (TPSA) is 0 Å². The minimum absolute atomic E-state index is 0.329. The van der Waals surface area contributed by atoms with Gasteiger partial charge < -0.3 is 0 Å². The number of alkyl halides is 4.